The third-order valence-electron chi connectivity index (χ3n) is 1.90. The van der Waals surface area contributed by atoms with Crippen molar-refractivity contribution in [2.75, 3.05) is 0 Å². The first-order valence-electron chi connectivity index (χ1n) is 3.89. The summed E-state index contributed by atoms with van der Waals surface area (Å²) in [4.78, 5) is 0. The third-order valence-corrected chi connectivity index (χ3v) is 1.90. The van der Waals surface area contributed by atoms with Gasteiger partial charge >= 0.3 is 0 Å². The predicted molar refractivity (Wildman–Crippen MR) is 48.0 cm³/mol. The lowest BCUT2D eigenvalue weighted by Gasteiger charge is -2.06. The summed E-state index contributed by atoms with van der Waals surface area (Å²) in [6.07, 6.45) is 4.25. The molecule has 0 aliphatic carbocycles. The van der Waals surface area contributed by atoms with Gasteiger partial charge in [-0.2, -0.15) is 0 Å². The summed E-state index contributed by atoms with van der Waals surface area (Å²) in [5, 5.41) is 0. The molecule has 0 aromatic carbocycles. The van der Waals surface area contributed by atoms with Gasteiger partial charge in [-0.25, -0.2) is 0 Å². The Morgan fingerprint density at radius 2 is 1.70 bits per heavy atom. The summed E-state index contributed by atoms with van der Waals surface area (Å²) in [6, 6.07) is 0. The molecule has 0 aliphatic heterocycles. The van der Waals surface area contributed by atoms with E-state index in [0.29, 0.717) is 5.92 Å². The molecule has 0 fully saturated rings. The minimum atomic E-state index is 0.677. The zero-order valence-corrected chi connectivity index (χ0v) is 7.73. The predicted octanol–water partition coefficient (Wildman–Crippen LogP) is 3.55. The fourth-order valence-corrected chi connectivity index (χ4v) is 0.837. The fourth-order valence-electron chi connectivity index (χ4n) is 0.837. The van der Waals surface area contributed by atoms with Crippen LogP contribution in [0, 0.1) is 5.92 Å². The number of allylic oxidation sites excluding steroid dienone is 4. The molecule has 0 N–H and O–H groups in total. The van der Waals surface area contributed by atoms with Crippen LogP contribution in [-0.4, -0.2) is 0 Å². The highest BCUT2D eigenvalue weighted by molar-refractivity contribution is 5.22. The van der Waals surface area contributed by atoms with Gasteiger partial charge in [0.05, 0.1) is 0 Å². The monoisotopic (exact) mass is 138 g/mol. The minimum Gasteiger partial charge on any atom is -0.0874 e. The standard InChI is InChI=1S/C10H18/c1-6-7-9(4)10(5)8(2)3/h6-8H,1-5H3/b7-6+,10-9+. The van der Waals surface area contributed by atoms with Crippen molar-refractivity contribution >= 4 is 0 Å². The molecule has 0 saturated carbocycles. The van der Waals surface area contributed by atoms with Crippen molar-refractivity contribution in [3.8, 4) is 0 Å². The van der Waals surface area contributed by atoms with Gasteiger partial charge in [-0.3, -0.25) is 0 Å². The molecule has 0 bridgehead atoms. The summed E-state index contributed by atoms with van der Waals surface area (Å²) in [5.41, 5.74) is 2.88. The summed E-state index contributed by atoms with van der Waals surface area (Å²) >= 11 is 0. The van der Waals surface area contributed by atoms with Crippen LogP contribution in [0.2, 0.25) is 0 Å². The average Bonchev–Trinajstić information content (AvgIpc) is 1.87. The topological polar surface area (TPSA) is 0 Å². The van der Waals surface area contributed by atoms with Crippen LogP contribution in [0.5, 0.6) is 0 Å². The SMILES string of the molecule is C/C=C/C(C)=C(\C)C(C)C. The van der Waals surface area contributed by atoms with Crippen LogP contribution < -0.4 is 0 Å². The van der Waals surface area contributed by atoms with Crippen LogP contribution in [0.1, 0.15) is 34.6 Å². The highest BCUT2D eigenvalue weighted by Gasteiger charge is 1.97. The van der Waals surface area contributed by atoms with Gasteiger partial charge in [0.2, 0.25) is 0 Å². The van der Waals surface area contributed by atoms with E-state index in [-0.39, 0.29) is 0 Å². The molecule has 0 spiro atoms. The van der Waals surface area contributed by atoms with Gasteiger partial charge in [0.1, 0.15) is 0 Å². The van der Waals surface area contributed by atoms with Crippen LogP contribution in [0.25, 0.3) is 0 Å². The van der Waals surface area contributed by atoms with E-state index in [1.165, 1.54) is 11.1 Å². The van der Waals surface area contributed by atoms with Gasteiger partial charge in [-0.15, -0.1) is 0 Å². The zero-order chi connectivity index (χ0) is 8.15. The summed E-state index contributed by atoms with van der Waals surface area (Å²) < 4.78 is 0. The average molecular weight is 138 g/mol. The molecule has 0 aliphatic rings. The summed E-state index contributed by atoms with van der Waals surface area (Å²) in [5.74, 6) is 0.677. The second-order valence-corrected chi connectivity index (χ2v) is 3.02. The maximum Gasteiger partial charge on any atom is -0.0257 e. The smallest absolute Gasteiger partial charge is 0.0257 e. The van der Waals surface area contributed by atoms with E-state index < -0.39 is 0 Å². The molecule has 0 radical (unpaired) electrons. The molecular formula is C10H18. The Bertz CT molecular complexity index is 147. The molecule has 0 aromatic heterocycles. The molecule has 0 aromatic rings. The lowest BCUT2D eigenvalue weighted by molar-refractivity contribution is 0.760. The maximum atomic E-state index is 2.22. The Morgan fingerprint density at radius 3 is 2.00 bits per heavy atom. The Kier molecular flexibility index (Phi) is 4.10. The highest BCUT2D eigenvalue weighted by Crippen LogP contribution is 2.14. The Labute approximate surface area is 64.6 Å². The van der Waals surface area contributed by atoms with E-state index in [4.69, 9.17) is 0 Å². The molecule has 10 heavy (non-hydrogen) atoms. The molecule has 0 atom stereocenters. The second kappa shape index (κ2) is 4.32. The van der Waals surface area contributed by atoms with Crippen molar-refractivity contribution in [1.82, 2.24) is 0 Å². The molecule has 0 saturated heterocycles. The third kappa shape index (κ3) is 2.86. The van der Waals surface area contributed by atoms with Crippen molar-refractivity contribution in [3.63, 3.8) is 0 Å². The molecule has 0 rings (SSSR count). The second-order valence-electron chi connectivity index (χ2n) is 3.02. The van der Waals surface area contributed by atoms with Gasteiger partial charge in [-0.05, 0) is 26.7 Å². The first kappa shape index (κ1) is 9.48. The van der Waals surface area contributed by atoms with Crippen molar-refractivity contribution < 1.29 is 0 Å². The van der Waals surface area contributed by atoms with E-state index in [1.54, 1.807) is 0 Å². The van der Waals surface area contributed by atoms with Gasteiger partial charge < -0.3 is 0 Å². The van der Waals surface area contributed by atoms with E-state index in [2.05, 4.69) is 46.8 Å². The Morgan fingerprint density at radius 1 is 1.20 bits per heavy atom. The molecule has 0 nitrogen and oxygen atoms in total. The number of hydrogen-bond acceptors (Lipinski definition) is 0. The minimum absolute atomic E-state index is 0.677. The molecule has 58 valence electrons. The van der Waals surface area contributed by atoms with Crippen LogP contribution in [0.3, 0.4) is 0 Å². The van der Waals surface area contributed by atoms with E-state index >= 15 is 0 Å². The van der Waals surface area contributed by atoms with E-state index in [0.717, 1.165) is 0 Å². The van der Waals surface area contributed by atoms with Gasteiger partial charge in [0, 0.05) is 0 Å². The summed E-state index contributed by atoms with van der Waals surface area (Å²) in [6.45, 7) is 10.9. The molecule has 0 amide bonds. The molecule has 0 heterocycles. The van der Waals surface area contributed by atoms with Crippen molar-refractivity contribution in [1.29, 1.82) is 0 Å². The van der Waals surface area contributed by atoms with Crippen LogP contribution in [-0.2, 0) is 0 Å². The number of rotatable bonds is 2. The zero-order valence-electron chi connectivity index (χ0n) is 7.73. The lowest BCUT2D eigenvalue weighted by atomic mass is 10.00. The summed E-state index contributed by atoms with van der Waals surface area (Å²) in [7, 11) is 0. The van der Waals surface area contributed by atoms with Crippen molar-refractivity contribution in [3.05, 3.63) is 23.3 Å². The van der Waals surface area contributed by atoms with Gasteiger partial charge in [0.25, 0.3) is 0 Å². The Hall–Kier alpha value is -0.520. The van der Waals surface area contributed by atoms with Crippen LogP contribution >= 0.6 is 0 Å². The Balaban J connectivity index is 4.34. The largest absolute Gasteiger partial charge is 0.0874 e. The fraction of sp³-hybridized carbons (Fsp3) is 0.600. The first-order chi connectivity index (χ1) is 4.59. The van der Waals surface area contributed by atoms with Crippen molar-refractivity contribution in [2.24, 2.45) is 5.92 Å². The van der Waals surface area contributed by atoms with Crippen molar-refractivity contribution in [2.45, 2.75) is 34.6 Å². The maximum absolute atomic E-state index is 2.22. The lowest BCUT2D eigenvalue weighted by Crippen LogP contribution is -1.91. The quantitative estimate of drug-likeness (QED) is 0.512. The van der Waals surface area contributed by atoms with Gasteiger partial charge in [-0.1, -0.05) is 37.1 Å². The number of hydrogen-bond donors (Lipinski definition) is 0. The molecule has 0 heteroatoms. The van der Waals surface area contributed by atoms with E-state index in [9.17, 15) is 0 Å². The van der Waals surface area contributed by atoms with Crippen LogP contribution in [0.15, 0.2) is 23.3 Å². The highest BCUT2D eigenvalue weighted by atomic mass is 14.0. The molecular weight excluding hydrogens is 120 g/mol. The van der Waals surface area contributed by atoms with Gasteiger partial charge in [0.15, 0.2) is 0 Å². The normalized spacial score (nSPS) is 14.6. The first-order valence-corrected chi connectivity index (χ1v) is 3.89. The van der Waals surface area contributed by atoms with Crippen LogP contribution in [0.4, 0.5) is 0 Å². The van der Waals surface area contributed by atoms with E-state index in [1.807, 2.05) is 0 Å². The molecule has 0 unspecified atom stereocenters.